The first-order chi connectivity index (χ1) is 9.69. The van der Waals surface area contributed by atoms with Crippen LogP contribution in [0, 0.1) is 12.8 Å². The molecule has 0 spiro atoms. The summed E-state index contributed by atoms with van der Waals surface area (Å²) in [5, 5.41) is 0. The second kappa shape index (κ2) is 5.47. The molecule has 0 amide bonds. The van der Waals surface area contributed by atoms with Crippen molar-refractivity contribution in [3.8, 4) is 0 Å². The van der Waals surface area contributed by atoms with Crippen molar-refractivity contribution in [3.63, 3.8) is 0 Å². The Morgan fingerprint density at radius 3 is 2.70 bits per heavy atom. The predicted molar refractivity (Wildman–Crippen MR) is 84.8 cm³/mol. The van der Waals surface area contributed by atoms with Crippen molar-refractivity contribution < 1.29 is 0 Å². The van der Waals surface area contributed by atoms with Crippen molar-refractivity contribution >= 4 is 16.7 Å². The van der Waals surface area contributed by atoms with Gasteiger partial charge in [0.25, 0.3) is 0 Å². The average molecular weight is 271 g/mol. The minimum absolute atomic E-state index is 0.622. The van der Waals surface area contributed by atoms with Gasteiger partial charge in [-0.2, -0.15) is 0 Å². The molecule has 108 valence electrons. The number of nitrogens with zero attached hydrogens (tertiary/aromatic N) is 2. The van der Waals surface area contributed by atoms with E-state index in [2.05, 4.69) is 29.5 Å². The highest BCUT2D eigenvalue weighted by molar-refractivity contribution is 5.79. The third-order valence-corrected chi connectivity index (χ3v) is 4.77. The molecule has 3 nitrogen and oxygen atoms in total. The molecule has 2 aromatic rings. The van der Waals surface area contributed by atoms with Crippen molar-refractivity contribution in [3.05, 3.63) is 24.0 Å². The number of fused-ring (bicyclic) bond motifs is 1. The standard InChI is InChI=1S/C17H25N3/c1-3-4-13-5-8-15(9-6-13)20-12(2)19-16-11-14(18)7-10-17(16)20/h7,10-11,13,15H,3-6,8-9,18H2,1-2H3. The zero-order valence-electron chi connectivity index (χ0n) is 12.6. The summed E-state index contributed by atoms with van der Waals surface area (Å²) in [5.41, 5.74) is 8.95. The van der Waals surface area contributed by atoms with Gasteiger partial charge in [0.1, 0.15) is 5.82 Å². The smallest absolute Gasteiger partial charge is 0.106 e. The van der Waals surface area contributed by atoms with Gasteiger partial charge in [-0.15, -0.1) is 0 Å². The molecule has 0 bridgehead atoms. The van der Waals surface area contributed by atoms with E-state index in [0.29, 0.717) is 6.04 Å². The molecule has 2 N–H and O–H groups in total. The van der Waals surface area contributed by atoms with Crippen LogP contribution >= 0.6 is 0 Å². The normalized spacial score (nSPS) is 23.3. The van der Waals surface area contributed by atoms with E-state index in [1.807, 2.05) is 12.1 Å². The maximum absolute atomic E-state index is 5.86. The van der Waals surface area contributed by atoms with Crippen LogP contribution in [0.25, 0.3) is 11.0 Å². The Hall–Kier alpha value is -1.51. The highest BCUT2D eigenvalue weighted by atomic mass is 15.1. The summed E-state index contributed by atoms with van der Waals surface area (Å²) in [5.74, 6) is 2.08. The zero-order valence-corrected chi connectivity index (χ0v) is 12.6. The van der Waals surface area contributed by atoms with Crippen molar-refractivity contribution in [2.45, 2.75) is 58.4 Å². The van der Waals surface area contributed by atoms with Gasteiger partial charge in [-0.25, -0.2) is 4.98 Å². The van der Waals surface area contributed by atoms with Crippen LogP contribution in [0.5, 0.6) is 0 Å². The average Bonchev–Trinajstić information content (AvgIpc) is 2.75. The van der Waals surface area contributed by atoms with Gasteiger partial charge >= 0.3 is 0 Å². The summed E-state index contributed by atoms with van der Waals surface area (Å²) in [6.45, 7) is 4.42. The molecule has 3 rings (SSSR count). The number of aromatic nitrogens is 2. The lowest BCUT2D eigenvalue weighted by Gasteiger charge is -2.30. The highest BCUT2D eigenvalue weighted by Gasteiger charge is 2.24. The third kappa shape index (κ3) is 2.41. The summed E-state index contributed by atoms with van der Waals surface area (Å²) in [4.78, 5) is 4.69. The van der Waals surface area contributed by atoms with E-state index in [1.165, 1.54) is 44.0 Å². The van der Waals surface area contributed by atoms with E-state index in [4.69, 9.17) is 5.73 Å². The van der Waals surface area contributed by atoms with Crippen LogP contribution in [-0.4, -0.2) is 9.55 Å². The number of benzene rings is 1. The fraction of sp³-hybridized carbons (Fsp3) is 0.588. The Kier molecular flexibility index (Phi) is 3.68. The Morgan fingerprint density at radius 1 is 1.25 bits per heavy atom. The summed E-state index contributed by atoms with van der Waals surface area (Å²) >= 11 is 0. The molecule has 20 heavy (non-hydrogen) atoms. The van der Waals surface area contributed by atoms with E-state index >= 15 is 0 Å². The summed E-state index contributed by atoms with van der Waals surface area (Å²) < 4.78 is 2.44. The summed E-state index contributed by atoms with van der Waals surface area (Å²) in [7, 11) is 0. The van der Waals surface area contributed by atoms with Crippen LogP contribution in [0.1, 0.15) is 57.3 Å². The molecular weight excluding hydrogens is 246 g/mol. The first kappa shape index (κ1) is 13.5. The SMILES string of the molecule is CCCC1CCC(n2c(C)nc3cc(N)ccc32)CC1. The van der Waals surface area contributed by atoms with Crippen molar-refractivity contribution in [2.24, 2.45) is 5.92 Å². The molecule has 0 saturated heterocycles. The highest BCUT2D eigenvalue weighted by Crippen LogP contribution is 2.36. The van der Waals surface area contributed by atoms with Gasteiger partial charge in [0, 0.05) is 11.7 Å². The van der Waals surface area contributed by atoms with Crippen molar-refractivity contribution in [2.75, 3.05) is 5.73 Å². The van der Waals surface area contributed by atoms with Gasteiger partial charge < -0.3 is 10.3 Å². The molecule has 1 aromatic heterocycles. The lowest BCUT2D eigenvalue weighted by molar-refractivity contribution is 0.264. The first-order valence-corrected chi connectivity index (χ1v) is 7.93. The lowest BCUT2D eigenvalue weighted by atomic mass is 9.83. The molecule has 1 aliphatic rings. The van der Waals surface area contributed by atoms with Gasteiger partial charge in [-0.3, -0.25) is 0 Å². The second-order valence-electron chi connectivity index (χ2n) is 6.24. The molecule has 1 aliphatic carbocycles. The molecule has 1 fully saturated rings. The number of nitrogen functional groups attached to an aromatic ring is 1. The van der Waals surface area contributed by atoms with E-state index in [-0.39, 0.29) is 0 Å². The predicted octanol–water partition coefficient (Wildman–Crippen LogP) is 4.46. The summed E-state index contributed by atoms with van der Waals surface area (Å²) in [6, 6.07) is 6.73. The van der Waals surface area contributed by atoms with Gasteiger partial charge in [0.2, 0.25) is 0 Å². The fourth-order valence-corrected chi connectivity index (χ4v) is 3.80. The second-order valence-corrected chi connectivity index (χ2v) is 6.24. The number of hydrogen-bond acceptors (Lipinski definition) is 2. The van der Waals surface area contributed by atoms with Crippen LogP contribution in [-0.2, 0) is 0 Å². The van der Waals surface area contributed by atoms with Crippen LogP contribution in [0.2, 0.25) is 0 Å². The topological polar surface area (TPSA) is 43.8 Å². The molecule has 1 heterocycles. The monoisotopic (exact) mass is 271 g/mol. The number of nitrogens with two attached hydrogens (primary N) is 1. The molecule has 1 saturated carbocycles. The molecular formula is C17H25N3. The maximum atomic E-state index is 5.86. The van der Waals surface area contributed by atoms with E-state index in [1.54, 1.807) is 0 Å². The Balaban J connectivity index is 1.86. The molecule has 3 heteroatoms. The number of anilines is 1. The Bertz CT molecular complexity index is 592. The van der Waals surface area contributed by atoms with Gasteiger partial charge in [-0.05, 0) is 56.7 Å². The van der Waals surface area contributed by atoms with Gasteiger partial charge in [-0.1, -0.05) is 19.8 Å². The summed E-state index contributed by atoms with van der Waals surface area (Å²) in [6.07, 6.45) is 8.04. The fourth-order valence-electron chi connectivity index (χ4n) is 3.80. The maximum Gasteiger partial charge on any atom is 0.106 e. The van der Waals surface area contributed by atoms with Crippen LogP contribution in [0.3, 0.4) is 0 Å². The van der Waals surface area contributed by atoms with Crippen molar-refractivity contribution in [1.82, 2.24) is 9.55 Å². The van der Waals surface area contributed by atoms with E-state index in [0.717, 1.165) is 22.9 Å². The number of imidazole rings is 1. The molecule has 0 radical (unpaired) electrons. The Labute approximate surface area is 121 Å². The van der Waals surface area contributed by atoms with Gasteiger partial charge in [0.15, 0.2) is 0 Å². The largest absolute Gasteiger partial charge is 0.399 e. The number of rotatable bonds is 3. The minimum atomic E-state index is 0.622. The quantitative estimate of drug-likeness (QED) is 0.838. The first-order valence-electron chi connectivity index (χ1n) is 7.93. The lowest BCUT2D eigenvalue weighted by Crippen LogP contribution is -2.19. The van der Waals surface area contributed by atoms with Crippen molar-refractivity contribution in [1.29, 1.82) is 0 Å². The Morgan fingerprint density at radius 2 is 2.00 bits per heavy atom. The molecule has 0 atom stereocenters. The van der Waals surface area contributed by atoms with E-state index in [9.17, 15) is 0 Å². The van der Waals surface area contributed by atoms with Crippen LogP contribution < -0.4 is 5.73 Å². The van der Waals surface area contributed by atoms with Crippen LogP contribution in [0.15, 0.2) is 18.2 Å². The third-order valence-electron chi connectivity index (χ3n) is 4.77. The molecule has 0 unspecified atom stereocenters. The molecule has 0 aliphatic heterocycles. The van der Waals surface area contributed by atoms with Crippen LogP contribution in [0.4, 0.5) is 5.69 Å². The minimum Gasteiger partial charge on any atom is -0.399 e. The number of aryl methyl sites for hydroxylation is 1. The number of hydrogen-bond donors (Lipinski definition) is 1. The zero-order chi connectivity index (χ0) is 14.1. The molecule has 1 aromatic carbocycles. The van der Waals surface area contributed by atoms with Gasteiger partial charge in [0.05, 0.1) is 11.0 Å². The van der Waals surface area contributed by atoms with E-state index < -0.39 is 0 Å².